The van der Waals surface area contributed by atoms with Crippen LogP contribution in [0.4, 0.5) is 4.79 Å². The molecule has 0 saturated heterocycles. The van der Waals surface area contributed by atoms with Crippen LogP contribution >= 0.6 is 31.9 Å². The molecule has 13 heteroatoms. The second-order valence-corrected chi connectivity index (χ2v) is 9.64. The Kier molecular flexibility index (Phi) is 10.4. The number of hydrogen-bond donors (Lipinski definition) is 4. The predicted molar refractivity (Wildman–Crippen MR) is 147 cm³/mol. The maximum atomic E-state index is 12.4. The van der Waals surface area contributed by atoms with Crippen LogP contribution in [0.15, 0.2) is 55.6 Å². The smallest absolute Gasteiger partial charge is 0.337 e. The number of benzene rings is 2. The molecular weight excluding hydrogens is 628 g/mol. The van der Waals surface area contributed by atoms with Crippen molar-refractivity contribution in [1.82, 2.24) is 16.1 Å². The quantitative estimate of drug-likeness (QED) is 0.124. The van der Waals surface area contributed by atoms with Gasteiger partial charge in [0.15, 0.2) is 17.7 Å². The van der Waals surface area contributed by atoms with Gasteiger partial charge in [0.1, 0.15) is 12.4 Å². The molecule has 0 saturated carbocycles. The molecule has 0 aliphatic carbocycles. The van der Waals surface area contributed by atoms with Crippen LogP contribution in [-0.4, -0.2) is 57.0 Å². The molecule has 204 valence electrons. The number of urea groups is 1. The van der Waals surface area contributed by atoms with Crippen LogP contribution < -0.4 is 30.3 Å². The second-order valence-electron chi connectivity index (χ2n) is 7.93. The van der Waals surface area contributed by atoms with Gasteiger partial charge in [0.25, 0.3) is 0 Å². The number of allylic oxidation sites excluding steroid dienone is 1. The lowest BCUT2D eigenvalue weighted by atomic mass is 9.95. The molecular formula is C25H28Br2N4O7. The van der Waals surface area contributed by atoms with Gasteiger partial charge in [-0.1, -0.05) is 6.07 Å². The summed E-state index contributed by atoms with van der Waals surface area (Å²) in [6.45, 7) is 3.65. The van der Waals surface area contributed by atoms with Gasteiger partial charge in [0.05, 0.1) is 47.6 Å². The van der Waals surface area contributed by atoms with Gasteiger partial charge in [0, 0.05) is 5.70 Å². The van der Waals surface area contributed by atoms with E-state index in [2.05, 4.69) is 53.0 Å². The first-order valence-electron chi connectivity index (χ1n) is 11.4. The van der Waals surface area contributed by atoms with E-state index in [1.807, 2.05) is 19.1 Å². The Morgan fingerprint density at radius 3 is 2.53 bits per heavy atom. The van der Waals surface area contributed by atoms with Crippen molar-refractivity contribution >= 4 is 50.1 Å². The highest BCUT2D eigenvalue weighted by Gasteiger charge is 2.32. The van der Waals surface area contributed by atoms with Crippen LogP contribution in [0.1, 0.15) is 31.0 Å². The van der Waals surface area contributed by atoms with E-state index < -0.39 is 24.3 Å². The standard InChI is InChI=1S/C25H28Br2N4O7/c1-5-37-19-10-15(22-21(24(33)36-4)13(2)29-25(34)30-22)6-7-18(19)38-12-20(32)31-28-11-14-8-16(26)23(35-3)17(27)9-14/h6-11,20,22,31-32H,5,12H2,1-4H3,(H2,29,30,34)/b28-11-/t20-,22-/m1/s1. The zero-order valence-corrected chi connectivity index (χ0v) is 24.3. The average molecular weight is 656 g/mol. The van der Waals surface area contributed by atoms with Crippen LogP contribution in [0.25, 0.3) is 0 Å². The molecule has 0 fully saturated rings. The molecule has 2 amide bonds. The Labute approximate surface area is 236 Å². The lowest BCUT2D eigenvalue weighted by Gasteiger charge is -2.28. The average Bonchev–Trinajstić information content (AvgIpc) is 2.87. The maximum Gasteiger partial charge on any atom is 0.337 e. The SMILES string of the molecule is CCOc1cc([C@H]2NC(=O)NC(C)=C2C(=O)OC)ccc1OC[C@@H](O)N/N=C\c1cc(Br)c(OC)c(Br)c1. The fourth-order valence-corrected chi connectivity index (χ4v) is 5.21. The molecule has 4 N–H and O–H groups in total. The minimum atomic E-state index is -1.12. The van der Waals surface area contributed by atoms with Gasteiger partial charge in [-0.15, -0.1) is 0 Å². The molecule has 0 spiro atoms. The number of aliphatic hydroxyl groups excluding tert-OH is 1. The maximum absolute atomic E-state index is 12.4. The number of amides is 2. The molecule has 3 rings (SSSR count). The Morgan fingerprint density at radius 2 is 1.89 bits per heavy atom. The van der Waals surface area contributed by atoms with E-state index in [1.54, 1.807) is 38.4 Å². The Morgan fingerprint density at radius 1 is 1.18 bits per heavy atom. The van der Waals surface area contributed by atoms with E-state index >= 15 is 0 Å². The normalized spacial score (nSPS) is 16.0. The van der Waals surface area contributed by atoms with Gasteiger partial charge >= 0.3 is 12.0 Å². The third-order valence-corrected chi connectivity index (χ3v) is 6.51. The van der Waals surface area contributed by atoms with E-state index in [9.17, 15) is 14.7 Å². The number of nitrogens with zero attached hydrogens (tertiary/aromatic N) is 1. The minimum absolute atomic E-state index is 0.136. The van der Waals surface area contributed by atoms with Crippen molar-refractivity contribution in [3.05, 3.63) is 61.7 Å². The lowest BCUT2D eigenvalue weighted by molar-refractivity contribution is -0.136. The van der Waals surface area contributed by atoms with E-state index in [4.69, 9.17) is 18.9 Å². The summed E-state index contributed by atoms with van der Waals surface area (Å²) in [5.41, 5.74) is 4.63. The number of esters is 1. The van der Waals surface area contributed by atoms with Crippen LogP contribution in [0, 0.1) is 0 Å². The molecule has 1 heterocycles. The summed E-state index contributed by atoms with van der Waals surface area (Å²) in [4.78, 5) is 24.5. The molecule has 38 heavy (non-hydrogen) atoms. The van der Waals surface area contributed by atoms with Gasteiger partial charge in [-0.05, 0) is 81.1 Å². The highest BCUT2D eigenvalue weighted by atomic mass is 79.9. The summed E-state index contributed by atoms with van der Waals surface area (Å²) < 4.78 is 23.2. The first-order valence-corrected chi connectivity index (χ1v) is 13.0. The number of ether oxygens (including phenoxy) is 4. The third-order valence-electron chi connectivity index (χ3n) is 5.33. The summed E-state index contributed by atoms with van der Waals surface area (Å²) in [5, 5.41) is 19.7. The monoisotopic (exact) mass is 654 g/mol. The number of hydrogen-bond acceptors (Lipinski definition) is 9. The first-order chi connectivity index (χ1) is 18.2. The lowest BCUT2D eigenvalue weighted by Crippen LogP contribution is -2.45. The first kappa shape index (κ1) is 29.3. The summed E-state index contributed by atoms with van der Waals surface area (Å²) in [6.07, 6.45) is 0.422. The molecule has 2 atom stereocenters. The third kappa shape index (κ3) is 7.17. The molecule has 1 aliphatic heterocycles. The summed E-state index contributed by atoms with van der Waals surface area (Å²) >= 11 is 6.86. The van der Waals surface area contributed by atoms with Crippen molar-refractivity contribution in [2.75, 3.05) is 27.4 Å². The van der Waals surface area contributed by atoms with Crippen molar-refractivity contribution in [1.29, 1.82) is 0 Å². The van der Waals surface area contributed by atoms with Gasteiger partial charge in [-0.2, -0.15) is 5.10 Å². The number of hydrazone groups is 1. The van der Waals surface area contributed by atoms with Crippen LogP contribution in [0.2, 0.25) is 0 Å². The van der Waals surface area contributed by atoms with Crippen molar-refractivity contribution in [3.63, 3.8) is 0 Å². The minimum Gasteiger partial charge on any atom is -0.494 e. The van der Waals surface area contributed by atoms with Crippen molar-refractivity contribution in [2.24, 2.45) is 5.10 Å². The molecule has 0 bridgehead atoms. The summed E-state index contributed by atoms with van der Waals surface area (Å²) in [6, 6.07) is 7.46. The van der Waals surface area contributed by atoms with E-state index in [0.29, 0.717) is 35.1 Å². The van der Waals surface area contributed by atoms with Gasteiger partial charge in [0.2, 0.25) is 0 Å². The number of carbonyl (C=O) groups is 2. The largest absolute Gasteiger partial charge is 0.494 e. The number of nitrogens with one attached hydrogen (secondary N) is 3. The van der Waals surface area contributed by atoms with E-state index in [0.717, 1.165) is 14.5 Å². The van der Waals surface area contributed by atoms with Crippen LogP contribution in [0.3, 0.4) is 0 Å². The Balaban J connectivity index is 1.70. The number of carbonyl (C=O) groups excluding carboxylic acids is 2. The summed E-state index contributed by atoms with van der Waals surface area (Å²) in [7, 11) is 2.85. The number of rotatable bonds is 11. The molecule has 11 nitrogen and oxygen atoms in total. The highest BCUT2D eigenvalue weighted by Crippen LogP contribution is 2.35. The van der Waals surface area contributed by atoms with Crippen LogP contribution in [-0.2, 0) is 9.53 Å². The number of aliphatic hydroxyl groups is 1. The van der Waals surface area contributed by atoms with Gasteiger partial charge in [-0.3, -0.25) is 5.43 Å². The van der Waals surface area contributed by atoms with Crippen LogP contribution in [0.5, 0.6) is 17.2 Å². The molecule has 2 aromatic rings. The topological polar surface area (TPSA) is 140 Å². The number of methoxy groups -OCH3 is 2. The zero-order valence-electron chi connectivity index (χ0n) is 21.1. The fraction of sp³-hybridized carbons (Fsp3) is 0.320. The van der Waals surface area contributed by atoms with Crippen molar-refractivity contribution in [3.8, 4) is 17.2 Å². The van der Waals surface area contributed by atoms with Gasteiger partial charge < -0.3 is 34.7 Å². The van der Waals surface area contributed by atoms with Crippen molar-refractivity contribution in [2.45, 2.75) is 26.1 Å². The Bertz CT molecular complexity index is 1230. The zero-order chi connectivity index (χ0) is 27.8. The highest BCUT2D eigenvalue weighted by molar-refractivity contribution is 9.11. The molecule has 0 unspecified atom stereocenters. The molecule has 1 aliphatic rings. The predicted octanol–water partition coefficient (Wildman–Crippen LogP) is 3.74. The molecule has 0 aromatic heterocycles. The van der Waals surface area contributed by atoms with E-state index in [1.165, 1.54) is 7.11 Å². The second kappa shape index (κ2) is 13.5. The van der Waals surface area contributed by atoms with Crippen molar-refractivity contribution < 1.29 is 33.6 Å². The van der Waals surface area contributed by atoms with Gasteiger partial charge in [-0.25, -0.2) is 9.59 Å². The molecule has 0 radical (unpaired) electrons. The fourth-order valence-electron chi connectivity index (χ4n) is 3.67. The number of halogens is 2. The van der Waals surface area contributed by atoms with E-state index in [-0.39, 0.29) is 12.2 Å². The Hall–Kier alpha value is -3.29. The summed E-state index contributed by atoms with van der Waals surface area (Å²) in [5.74, 6) is 0.838. The molecule has 2 aromatic carbocycles.